The van der Waals surface area contributed by atoms with E-state index in [-0.39, 0.29) is 0 Å². The molecular weight excluding hydrogens is 304 g/mol. The minimum atomic E-state index is 0.491. The molecule has 0 aliphatic rings. The van der Waals surface area contributed by atoms with Crippen LogP contribution < -0.4 is 21.1 Å². The van der Waals surface area contributed by atoms with Crippen LogP contribution in [-0.4, -0.2) is 13.2 Å². The predicted molar refractivity (Wildman–Crippen MR) is 94.6 cm³/mol. The van der Waals surface area contributed by atoms with Crippen LogP contribution in [0.4, 0.5) is 0 Å². The third-order valence-electron chi connectivity index (χ3n) is 3.56. The summed E-state index contributed by atoms with van der Waals surface area (Å²) in [7, 11) is 0. The molecule has 0 unspecified atom stereocenters. The van der Waals surface area contributed by atoms with Crippen molar-refractivity contribution in [3.63, 3.8) is 0 Å². The van der Waals surface area contributed by atoms with Gasteiger partial charge in [-0.05, 0) is 54.7 Å². The minimum absolute atomic E-state index is 0.491. The van der Waals surface area contributed by atoms with Crippen LogP contribution >= 0.6 is 0 Å². The van der Waals surface area contributed by atoms with E-state index in [1.54, 1.807) is 0 Å². The van der Waals surface area contributed by atoms with Gasteiger partial charge in [0.2, 0.25) is 0 Å². The lowest BCUT2D eigenvalue weighted by molar-refractivity contribution is -0.207. The van der Waals surface area contributed by atoms with Gasteiger partial charge in [0, 0.05) is 13.1 Å². The average Bonchev–Trinajstić information content (AvgIpc) is 2.64. The smallest absolute Gasteiger partial charge is 0.165 e. The van der Waals surface area contributed by atoms with Gasteiger partial charge >= 0.3 is 0 Å². The standard InChI is InChI=1S/C19H26N2O3/c20-14-16-6-4-8-18(12-16)22-10-2-1-3-11-23-24-19-9-5-7-17(13-19)15-21/h4-9,12-13H,1-3,10-11,14-15,20-21H2. The molecule has 5 heteroatoms. The molecule has 0 amide bonds. The maximum absolute atomic E-state index is 5.71. The van der Waals surface area contributed by atoms with Crippen molar-refractivity contribution < 1.29 is 14.5 Å². The summed E-state index contributed by atoms with van der Waals surface area (Å²) in [5.74, 6) is 1.55. The highest BCUT2D eigenvalue weighted by molar-refractivity contribution is 5.28. The van der Waals surface area contributed by atoms with Crippen LogP contribution in [0.15, 0.2) is 48.5 Å². The fourth-order valence-corrected chi connectivity index (χ4v) is 2.23. The molecule has 24 heavy (non-hydrogen) atoms. The minimum Gasteiger partial charge on any atom is -0.494 e. The van der Waals surface area contributed by atoms with Gasteiger partial charge in [-0.3, -0.25) is 0 Å². The van der Waals surface area contributed by atoms with Crippen LogP contribution in [0.5, 0.6) is 11.5 Å². The average molecular weight is 330 g/mol. The van der Waals surface area contributed by atoms with Gasteiger partial charge in [0.25, 0.3) is 0 Å². The first-order valence-electron chi connectivity index (χ1n) is 8.32. The van der Waals surface area contributed by atoms with E-state index in [1.807, 2.05) is 48.5 Å². The molecule has 0 saturated heterocycles. The Hall–Kier alpha value is -2.08. The van der Waals surface area contributed by atoms with Gasteiger partial charge in [-0.15, -0.1) is 0 Å². The third kappa shape index (κ3) is 6.58. The summed E-state index contributed by atoms with van der Waals surface area (Å²) >= 11 is 0. The Morgan fingerprint density at radius 3 is 2.04 bits per heavy atom. The molecule has 0 atom stereocenters. The Morgan fingerprint density at radius 2 is 1.33 bits per heavy atom. The molecule has 5 nitrogen and oxygen atoms in total. The zero-order valence-electron chi connectivity index (χ0n) is 13.9. The lowest BCUT2D eigenvalue weighted by atomic mass is 10.2. The van der Waals surface area contributed by atoms with Crippen LogP contribution in [0.25, 0.3) is 0 Å². The van der Waals surface area contributed by atoms with Gasteiger partial charge in [-0.2, -0.15) is 4.89 Å². The molecule has 2 aromatic carbocycles. The predicted octanol–water partition coefficient (Wildman–Crippen LogP) is 3.16. The summed E-state index contributed by atoms with van der Waals surface area (Å²) in [5.41, 5.74) is 13.3. The maximum atomic E-state index is 5.71. The van der Waals surface area contributed by atoms with Crippen LogP contribution in [-0.2, 0) is 18.0 Å². The zero-order valence-corrected chi connectivity index (χ0v) is 13.9. The van der Waals surface area contributed by atoms with Crippen molar-refractivity contribution in [2.24, 2.45) is 11.5 Å². The Labute approximate surface area is 143 Å². The first-order chi connectivity index (χ1) is 11.8. The summed E-state index contributed by atoms with van der Waals surface area (Å²) in [6.07, 6.45) is 2.91. The van der Waals surface area contributed by atoms with Crippen LogP contribution in [0.3, 0.4) is 0 Å². The summed E-state index contributed by atoms with van der Waals surface area (Å²) in [4.78, 5) is 10.5. The van der Waals surface area contributed by atoms with E-state index < -0.39 is 0 Å². The number of rotatable bonds is 11. The van der Waals surface area contributed by atoms with Gasteiger partial charge < -0.3 is 21.1 Å². The van der Waals surface area contributed by atoms with Gasteiger partial charge in [0.1, 0.15) is 5.75 Å². The highest BCUT2D eigenvalue weighted by atomic mass is 17.2. The molecule has 0 saturated carbocycles. The first-order valence-corrected chi connectivity index (χ1v) is 8.32. The fourth-order valence-electron chi connectivity index (χ4n) is 2.23. The molecule has 0 aromatic heterocycles. The summed E-state index contributed by atoms with van der Waals surface area (Å²) in [6, 6.07) is 15.5. The molecule has 130 valence electrons. The van der Waals surface area contributed by atoms with Gasteiger partial charge in [0.15, 0.2) is 5.75 Å². The van der Waals surface area contributed by atoms with Crippen molar-refractivity contribution in [2.75, 3.05) is 13.2 Å². The molecule has 0 bridgehead atoms. The van der Waals surface area contributed by atoms with E-state index >= 15 is 0 Å². The molecule has 0 aliphatic carbocycles. The second-order valence-corrected chi connectivity index (χ2v) is 5.52. The van der Waals surface area contributed by atoms with Crippen molar-refractivity contribution in [2.45, 2.75) is 32.4 Å². The quantitative estimate of drug-likeness (QED) is 0.376. The van der Waals surface area contributed by atoms with E-state index in [1.165, 1.54) is 0 Å². The summed E-state index contributed by atoms with van der Waals surface area (Å²) in [6.45, 7) is 2.26. The topological polar surface area (TPSA) is 79.7 Å². The molecule has 4 N–H and O–H groups in total. The van der Waals surface area contributed by atoms with E-state index in [0.717, 1.165) is 36.1 Å². The Balaban J connectivity index is 1.52. The summed E-state index contributed by atoms with van der Waals surface area (Å²) in [5, 5.41) is 0. The van der Waals surface area contributed by atoms with Crippen LogP contribution in [0.2, 0.25) is 0 Å². The summed E-state index contributed by atoms with van der Waals surface area (Å²) < 4.78 is 5.71. The maximum Gasteiger partial charge on any atom is 0.165 e. The van der Waals surface area contributed by atoms with Crippen molar-refractivity contribution in [3.8, 4) is 11.5 Å². The second kappa shape index (κ2) is 10.6. The first kappa shape index (κ1) is 18.3. The second-order valence-electron chi connectivity index (χ2n) is 5.52. The van der Waals surface area contributed by atoms with E-state index in [4.69, 9.17) is 26.0 Å². The highest BCUT2D eigenvalue weighted by Gasteiger charge is 1.98. The van der Waals surface area contributed by atoms with Gasteiger partial charge in [-0.1, -0.05) is 24.3 Å². The lowest BCUT2D eigenvalue weighted by Gasteiger charge is -2.08. The third-order valence-corrected chi connectivity index (χ3v) is 3.56. The number of unbranched alkanes of at least 4 members (excludes halogenated alkanes) is 2. The Morgan fingerprint density at radius 1 is 0.708 bits per heavy atom. The molecular formula is C19H26N2O3. The number of hydrogen-bond donors (Lipinski definition) is 2. The van der Waals surface area contributed by atoms with Crippen molar-refractivity contribution in [1.82, 2.24) is 0 Å². The monoisotopic (exact) mass is 330 g/mol. The Bertz CT molecular complexity index is 551. The largest absolute Gasteiger partial charge is 0.494 e. The fraction of sp³-hybridized carbons (Fsp3) is 0.368. The highest BCUT2D eigenvalue weighted by Crippen LogP contribution is 2.14. The number of nitrogens with two attached hydrogens (primary N) is 2. The number of benzene rings is 2. The normalized spacial score (nSPS) is 10.6. The molecule has 0 heterocycles. The van der Waals surface area contributed by atoms with Crippen LogP contribution in [0.1, 0.15) is 30.4 Å². The number of ether oxygens (including phenoxy) is 1. The van der Waals surface area contributed by atoms with Gasteiger partial charge in [-0.25, -0.2) is 0 Å². The zero-order chi connectivity index (χ0) is 17.0. The van der Waals surface area contributed by atoms with E-state index in [2.05, 4.69) is 0 Å². The lowest BCUT2D eigenvalue weighted by Crippen LogP contribution is -2.03. The molecule has 2 aromatic rings. The van der Waals surface area contributed by atoms with E-state index in [0.29, 0.717) is 32.1 Å². The van der Waals surface area contributed by atoms with Gasteiger partial charge in [0.05, 0.1) is 13.2 Å². The Kier molecular flexibility index (Phi) is 8.10. The van der Waals surface area contributed by atoms with Crippen molar-refractivity contribution in [1.29, 1.82) is 0 Å². The molecule has 0 spiro atoms. The molecule has 0 fully saturated rings. The number of hydrogen-bond acceptors (Lipinski definition) is 5. The van der Waals surface area contributed by atoms with Crippen LogP contribution in [0, 0.1) is 0 Å². The molecule has 0 aliphatic heterocycles. The van der Waals surface area contributed by atoms with Crippen molar-refractivity contribution in [3.05, 3.63) is 59.7 Å². The SMILES string of the molecule is NCc1cccc(OCCCCCOOc2cccc(CN)c2)c1. The van der Waals surface area contributed by atoms with E-state index in [9.17, 15) is 0 Å². The van der Waals surface area contributed by atoms with Crippen molar-refractivity contribution >= 4 is 0 Å². The molecule has 0 radical (unpaired) electrons. The molecule has 2 rings (SSSR count).